The van der Waals surface area contributed by atoms with Crippen LogP contribution in [0.4, 0.5) is 10.5 Å². The Kier molecular flexibility index (Phi) is 2.89. The fourth-order valence-corrected chi connectivity index (χ4v) is 0.962. The Labute approximate surface area is 84.5 Å². The topological polar surface area (TPSA) is 54.3 Å². The molecule has 1 rings (SSSR count). The van der Waals surface area contributed by atoms with Crippen LogP contribution < -0.4 is 10.5 Å². The molecule has 74 valence electrons. The third-order valence-electron chi connectivity index (χ3n) is 1.73. The third kappa shape index (κ3) is 2.55. The summed E-state index contributed by atoms with van der Waals surface area (Å²) in [6.45, 7) is 6.08. The smallest absolute Gasteiger partial charge is 0.306 e. The first-order valence-corrected chi connectivity index (χ1v) is 4.30. The predicted molar refractivity (Wildman–Crippen MR) is 55.3 cm³/mol. The maximum absolute atomic E-state index is 10.9. The van der Waals surface area contributed by atoms with Crippen LogP contribution in [-0.4, -0.2) is 14.0 Å². The summed E-state index contributed by atoms with van der Waals surface area (Å²) in [5, 5.41) is 4.49. The molecule has 14 heavy (non-hydrogen) atoms. The normalized spacial score (nSPS) is 11.1. The zero-order chi connectivity index (χ0) is 10.8. The number of carbonyl (C=O) groups is 1. The molecule has 0 spiro atoms. The summed E-state index contributed by atoms with van der Waals surface area (Å²) in [6.07, 6.45) is 1.48. The summed E-state index contributed by atoms with van der Waals surface area (Å²) in [5.41, 5.74) is 0.525. The lowest BCUT2D eigenvalue weighted by molar-refractivity contribution is 0.256. The Balaban J connectivity index is 2.74. The minimum atomic E-state index is -0.466. The minimum Gasteiger partial charge on any atom is -0.467 e. The molecule has 0 aliphatic carbocycles. The first-order valence-electron chi connectivity index (χ1n) is 4.30. The molecule has 0 aliphatic heterocycles. The number of nitrogens with one attached hydrogen (secondary N) is 2. The van der Waals surface area contributed by atoms with Crippen molar-refractivity contribution in [1.29, 1.82) is 0 Å². The first-order chi connectivity index (χ1) is 6.43. The lowest BCUT2D eigenvalue weighted by Crippen LogP contribution is -2.25. The Hall–Kier alpha value is -1.39. The SMILES string of the molecule is [B]NC(=O)Nc1coc(C(C)(C)C)c1. The molecule has 2 N–H and O–H groups in total. The van der Waals surface area contributed by atoms with Crippen molar-refractivity contribution in [3.8, 4) is 0 Å². The molecule has 0 bridgehead atoms. The van der Waals surface area contributed by atoms with Crippen molar-refractivity contribution < 1.29 is 9.21 Å². The molecule has 2 radical (unpaired) electrons. The van der Waals surface area contributed by atoms with Gasteiger partial charge in [0.05, 0.1) is 5.69 Å². The van der Waals surface area contributed by atoms with Gasteiger partial charge in [0, 0.05) is 11.5 Å². The average molecular weight is 192 g/mol. The van der Waals surface area contributed by atoms with Crippen LogP contribution in [0.25, 0.3) is 0 Å². The second-order valence-electron chi connectivity index (χ2n) is 4.05. The van der Waals surface area contributed by atoms with E-state index in [4.69, 9.17) is 12.4 Å². The summed E-state index contributed by atoms with van der Waals surface area (Å²) >= 11 is 0. The van der Waals surface area contributed by atoms with E-state index in [1.807, 2.05) is 26.0 Å². The lowest BCUT2D eigenvalue weighted by atomic mass is 9.93. The molecule has 0 saturated heterocycles. The lowest BCUT2D eigenvalue weighted by Gasteiger charge is -2.13. The highest BCUT2D eigenvalue weighted by Crippen LogP contribution is 2.26. The van der Waals surface area contributed by atoms with Gasteiger partial charge in [0.25, 0.3) is 0 Å². The maximum atomic E-state index is 10.9. The predicted octanol–water partition coefficient (Wildman–Crippen LogP) is 1.78. The highest BCUT2D eigenvalue weighted by molar-refractivity contribution is 6.16. The van der Waals surface area contributed by atoms with E-state index in [1.165, 1.54) is 6.26 Å². The van der Waals surface area contributed by atoms with Gasteiger partial charge in [-0.3, -0.25) is 0 Å². The van der Waals surface area contributed by atoms with E-state index in [0.717, 1.165) is 5.76 Å². The van der Waals surface area contributed by atoms with Gasteiger partial charge in [-0.1, -0.05) is 20.8 Å². The van der Waals surface area contributed by atoms with E-state index in [2.05, 4.69) is 5.32 Å². The molecule has 0 fully saturated rings. The van der Waals surface area contributed by atoms with Gasteiger partial charge in [-0.2, -0.15) is 0 Å². The molecule has 0 unspecified atom stereocenters. The zero-order valence-corrected chi connectivity index (χ0v) is 8.55. The van der Waals surface area contributed by atoms with E-state index < -0.39 is 6.03 Å². The second kappa shape index (κ2) is 3.78. The molecule has 2 amide bonds. The molecule has 1 aromatic rings. The van der Waals surface area contributed by atoms with Gasteiger partial charge in [-0.25, -0.2) is 4.79 Å². The molecule has 0 saturated carbocycles. The van der Waals surface area contributed by atoms with Crippen molar-refractivity contribution in [2.45, 2.75) is 26.2 Å². The van der Waals surface area contributed by atoms with E-state index >= 15 is 0 Å². The molecule has 4 nitrogen and oxygen atoms in total. The van der Waals surface area contributed by atoms with Crippen LogP contribution in [0.5, 0.6) is 0 Å². The summed E-state index contributed by atoms with van der Waals surface area (Å²) < 4.78 is 5.29. The molecule has 0 aliphatic rings. The van der Waals surface area contributed by atoms with Gasteiger partial charge in [-0.05, 0) is 0 Å². The van der Waals surface area contributed by atoms with Crippen LogP contribution >= 0.6 is 0 Å². The van der Waals surface area contributed by atoms with Crippen molar-refractivity contribution in [2.24, 2.45) is 0 Å². The standard InChI is InChI=1S/C9H13BN2O2/c1-9(2,3)7-4-6(5-14-7)11-8(13)12-10/h4-5H,1-3H3,(H2,11,12,13). The summed E-state index contributed by atoms with van der Waals surface area (Å²) in [4.78, 5) is 10.9. The van der Waals surface area contributed by atoms with Crippen molar-refractivity contribution in [3.05, 3.63) is 18.1 Å². The van der Waals surface area contributed by atoms with Gasteiger partial charge in [0.15, 0.2) is 0 Å². The molecule has 0 atom stereocenters. The van der Waals surface area contributed by atoms with Crippen molar-refractivity contribution in [3.63, 3.8) is 0 Å². The number of rotatable bonds is 1. The van der Waals surface area contributed by atoms with E-state index in [0.29, 0.717) is 5.69 Å². The summed E-state index contributed by atoms with van der Waals surface area (Å²) in [6, 6.07) is 1.31. The summed E-state index contributed by atoms with van der Waals surface area (Å²) in [7, 11) is 4.92. The molecule has 1 aromatic heterocycles. The Morgan fingerprint density at radius 2 is 2.14 bits per heavy atom. The van der Waals surface area contributed by atoms with Crippen LogP contribution in [0.1, 0.15) is 26.5 Å². The van der Waals surface area contributed by atoms with Crippen LogP contribution in [0, 0.1) is 0 Å². The Morgan fingerprint density at radius 1 is 1.50 bits per heavy atom. The summed E-state index contributed by atoms with van der Waals surface area (Å²) in [5.74, 6) is 0.810. The second-order valence-corrected chi connectivity index (χ2v) is 4.05. The van der Waals surface area contributed by atoms with Gasteiger partial charge < -0.3 is 15.0 Å². The first kappa shape index (κ1) is 10.7. The fourth-order valence-electron chi connectivity index (χ4n) is 0.962. The van der Waals surface area contributed by atoms with Crippen molar-refractivity contribution in [2.75, 3.05) is 5.32 Å². The highest BCUT2D eigenvalue weighted by Gasteiger charge is 2.18. The van der Waals surface area contributed by atoms with Crippen LogP contribution in [0.2, 0.25) is 0 Å². The molecule has 5 heteroatoms. The zero-order valence-electron chi connectivity index (χ0n) is 8.55. The molecular formula is C9H13BN2O2. The van der Waals surface area contributed by atoms with Gasteiger partial charge in [0.1, 0.15) is 12.0 Å². The maximum Gasteiger partial charge on any atom is 0.306 e. The number of furan rings is 1. The van der Waals surface area contributed by atoms with Crippen LogP contribution in [0.3, 0.4) is 0 Å². The Morgan fingerprint density at radius 3 is 2.57 bits per heavy atom. The monoisotopic (exact) mass is 192 g/mol. The minimum absolute atomic E-state index is 0.0703. The number of hydrogen-bond donors (Lipinski definition) is 2. The van der Waals surface area contributed by atoms with Gasteiger partial charge in [0.2, 0.25) is 7.98 Å². The van der Waals surface area contributed by atoms with Crippen LogP contribution in [-0.2, 0) is 5.41 Å². The molecule has 0 aromatic carbocycles. The largest absolute Gasteiger partial charge is 0.467 e. The quantitative estimate of drug-likeness (QED) is 0.666. The number of amides is 2. The number of urea groups is 1. The van der Waals surface area contributed by atoms with Crippen molar-refractivity contribution >= 4 is 19.7 Å². The van der Waals surface area contributed by atoms with E-state index in [1.54, 1.807) is 6.07 Å². The van der Waals surface area contributed by atoms with Crippen molar-refractivity contribution in [1.82, 2.24) is 5.23 Å². The molecule has 1 heterocycles. The highest BCUT2D eigenvalue weighted by atomic mass is 16.3. The van der Waals surface area contributed by atoms with E-state index in [9.17, 15) is 4.79 Å². The van der Waals surface area contributed by atoms with Crippen LogP contribution in [0.15, 0.2) is 16.7 Å². The van der Waals surface area contributed by atoms with Gasteiger partial charge in [-0.15, -0.1) is 0 Å². The number of hydrogen-bond acceptors (Lipinski definition) is 2. The Bertz CT molecular complexity index is 328. The van der Waals surface area contributed by atoms with Gasteiger partial charge >= 0.3 is 6.03 Å². The number of carbonyl (C=O) groups excluding carboxylic acids is 1. The average Bonchev–Trinajstić information content (AvgIpc) is 2.51. The fraction of sp³-hybridized carbons (Fsp3) is 0.444. The third-order valence-corrected chi connectivity index (χ3v) is 1.73. The van der Waals surface area contributed by atoms with E-state index in [-0.39, 0.29) is 5.41 Å². The molecular weight excluding hydrogens is 179 g/mol. The number of anilines is 1.